The highest BCUT2D eigenvalue weighted by atomic mass is 32.1. The molecule has 154 valence electrons. The summed E-state index contributed by atoms with van der Waals surface area (Å²) in [6.45, 7) is 0.259. The number of carbonyl (C=O) groups excluding carboxylic acids is 1. The van der Waals surface area contributed by atoms with Crippen molar-refractivity contribution in [3.63, 3.8) is 0 Å². The third-order valence-corrected chi connectivity index (χ3v) is 6.27. The maximum Gasteiger partial charge on any atom is 0.191 e. The second-order valence-electron chi connectivity index (χ2n) is 7.10. The third kappa shape index (κ3) is 3.62. The molecule has 0 aliphatic carbocycles. The fourth-order valence-corrected chi connectivity index (χ4v) is 4.41. The van der Waals surface area contributed by atoms with E-state index in [0.717, 1.165) is 11.3 Å². The lowest BCUT2D eigenvalue weighted by atomic mass is 9.98. The van der Waals surface area contributed by atoms with Gasteiger partial charge in [-0.3, -0.25) is 9.79 Å². The van der Waals surface area contributed by atoms with E-state index in [1.165, 1.54) is 17.4 Å². The van der Waals surface area contributed by atoms with Crippen molar-refractivity contribution < 1.29 is 13.9 Å². The molecule has 30 heavy (non-hydrogen) atoms. The number of hydrogen-bond donors (Lipinski definition) is 1. The van der Waals surface area contributed by atoms with Crippen LogP contribution < -0.4 is 15.4 Å². The van der Waals surface area contributed by atoms with E-state index in [4.69, 9.17) is 15.5 Å². The summed E-state index contributed by atoms with van der Waals surface area (Å²) < 4.78 is 20.0. The van der Waals surface area contributed by atoms with Crippen molar-refractivity contribution >= 4 is 28.5 Å². The van der Waals surface area contributed by atoms with Crippen LogP contribution in [0.5, 0.6) is 5.75 Å². The number of benzodiazepines with no additional fused rings is 1. The number of thiophene rings is 1. The Balaban J connectivity index is 1.81. The van der Waals surface area contributed by atoms with Crippen LogP contribution in [-0.4, -0.2) is 44.3 Å². The van der Waals surface area contributed by atoms with Crippen LogP contribution in [0, 0.1) is 5.82 Å². The summed E-state index contributed by atoms with van der Waals surface area (Å²) in [4.78, 5) is 20.2. The molecular formula is C23H22FN3O2S. The van der Waals surface area contributed by atoms with Gasteiger partial charge >= 0.3 is 0 Å². The third-order valence-electron chi connectivity index (χ3n) is 5.38. The van der Waals surface area contributed by atoms with E-state index < -0.39 is 12.1 Å². The summed E-state index contributed by atoms with van der Waals surface area (Å²) >= 11 is 1.37. The van der Waals surface area contributed by atoms with Gasteiger partial charge < -0.3 is 15.4 Å². The Morgan fingerprint density at radius 3 is 2.73 bits per heavy atom. The normalized spacial score (nSPS) is 17.0. The van der Waals surface area contributed by atoms with Crippen LogP contribution in [0.3, 0.4) is 0 Å². The van der Waals surface area contributed by atoms with Crippen LogP contribution in [0.25, 0.3) is 0 Å². The minimum absolute atomic E-state index is 0.129. The summed E-state index contributed by atoms with van der Waals surface area (Å²) in [7, 11) is 3.47. The summed E-state index contributed by atoms with van der Waals surface area (Å²) in [6.07, 6.45) is 0. The van der Waals surface area contributed by atoms with Crippen molar-refractivity contribution in [3.05, 3.63) is 81.8 Å². The van der Waals surface area contributed by atoms with Gasteiger partial charge in [-0.1, -0.05) is 18.2 Å². The first-order valence-corrected chi connectivity index (χ1v) is 10.4. The molecule has 2 aromatic carbocycles. The second kappa shape index (κ2) is 8.38. The van der Waals surface area contributed by atoms with E-state index in [2.05, 4.69) is 0 Å². The van der Waals surface area contributed by atoms with Crippen molar-refractivity contribution in [1.29, 1.82) is 0 Å². The Kier molecular flexibility index (Phi) is 5.65. The number of Topliss-reactive ketones (excluding diaryl/α,β-unsaturated/α-hetero) is 1. The number of nitrogens with two attached hydrogens (primary N) is 1. The zero-order valence-electron chi connectivity index (χ0n) is 16.7. The number of carbonyl (C=O) groups is 1. The summed E-state index contributed by atoms with van der Waals surface area (Å²) in [6, 6.07) is 14.5. The fourth-order valence-electron chi connectivity index (χ4n) is 3.70. The summed E-state index contributed by atoms with van der Waals surface area (Å²) in [5.74, 6) is 0.182. The molecule has 1 aromatic heterocycles. The average molecular weight is 424 g/mol. The highest BCUT2D eigenvalue weighted by Gasteiger charge is 2.33. The Bertz CT molecular complexity index is 1100. The predicted molar refractivity (Wildman–Crippen MR) is 119 cm³/mol. The Labute approximate surface area is 178 Å². The number of fused-ring (bicyclic) bond motifs is 1. The van der Waals surface area contributed by atoms with E-state index in [-0.39, 0.29) is 18.1 Å². The molecule has 7 heteroatoms. The Hall–Kier alpha value is -3.03. The first kappa shape index (κ1) is 20.3. The molecule has 0 bridgehead atoms. The van der Waals surface area contributed by atoms with E-state index in [1.807, 2.05) is 41.6 Å². The number of likely N-dealkylation sites (N-methyl/N-ethyl adjacent to an activating group) is 1. The standard InChI is InChI=1S/C23H22FN3O2S/c1-27-18-12-14(29-2)9-10-16(18)22(15-6-3-4-7-17(15)24)26-13-19(27)21(25)23(28)20-8-5-11-30-20/h3-12,19,21H,13,25H2,1-2H3. The number of ketones is 1. The monoisotopic (exact) mass is 423 g/mol. The van der Waals surface area contributed by atoms with Crippen LogP contribution in [0.2, 0.25) is 0 Å². The zero-order valence-corrected chi connectivity index (χ0v) is 17.5. The highest BCUT2D eigenvalue weighted by Crippen LogP contribution is 2.33. The molecule has 0 fully saturated rings. The van der Waals surface area contributed by atoms with Gasteiger partial charge in [0, 0.05) is 29.9 Å². The lowest BCUT2D eigenvalue weighted by molar-refractivity contribution is 0.0954. The molecule has 0 amide bonds. The lowest BCUT2D eigenvalue weighted by Crippen LogP contribution is -2.52. The second-order valence-corrected chi connectivity index (χ2v) is 8.05. The lowest BCUT2D eigenvalue weighted by Gasteiger charge is -2.32. The minimum atomic E-state index is -0.781. The van der Waals surface area contributed by atoms with Gasteiger partial charge in [-0.05, 0) is 35.7 Å². The molecule has 0 radical (unpaired) electrons. The molecule has 0 spiro atoms. The van der Waals surface area contributed by atoms with Gasteiger partial charge in [0.2, 0.25) is 0 Å². The van der Waals surface area contributed by atoms with Gasteiger partial charge in [-0.15, -0.1) is 11.3 Å². The van der Waals surface area contributed by atoms with E-state index in [1.54, 1.807) is 31.4 Å². The number of halogens is 1. The number of rotatable bonds is 5. The van der Waals surface area contributed by atoms with Crippen molar-refractivity contribution in [2.75, 3.05) is 25.6 Å². The minimum Gasteiger partial charge on any atom is -0.497 e. The first-order chi connectivity index (χ1) is 14.5. The molecule has 1 aliphatic rings. The van der Waals surface area contributed by atoms with Crippen LogP contribution >= 0.6 is 11.3 Å². The quantitative estimate of drug-likeness (QED) is 0.635. The molecule has 2 heterocycles. The van der Waals surface area contributed by atoms with Crippen molar-refractivity contribution in [3.8, 4) is 5.75 Å². The number of ether oxygens (including phenoxy) is 1. The average Bonchev–Trinajstić information content (AvgIpc) is 3.26. The molecule has 4 rings (SSSR count). The maximum atomic E-state index is 14.6. The fraction of sp³-hybridized carbons (Fsp3) is 0.217. The molecule has 3 aromatic rings. The van der Waals surface area contributed by atoms with Crippen molar-refractivity contribution in [2.24, 2.45) is 10.7 Å². The molecule has 0 saturated heterocycles. The molecular weight excluding hydrogens is 401 g/mol. The number of benzene rings is 2. The van der Waals surface area contributed by atoms with Gasteiger partial charge in [-0.25, -0.2) is 4.39 Å². The molecule has 1 aliphatic heterocycles. The predicted octanol–water partition coefficient (Wildman–Crippen LogP) is 3.76. The van der Waals surface area contributed by atoms with E-state index in [0.29, 0.717) is 21.9 Å². The van der Waals surface area contributed by atoms with Gasteiger partial charge in [0.25, 0.3) is 0 Å². The largest absolute Gasteiger partial charge is 0.497 e. The number of methoxy groups -OCH3 is 1. The molecule has 2 N–H and O–H groups in total. The Morgan fingerprint density at radius 1 is 1.23 bits per heavy atom. The molecule has 2 atom stereocenters. The summed E-state index contributed by atoms with van der Waals surface area (Å²) in [5, 5.41) is 1.85. The molecule has 0 saturated carbocycles. The number of nitrogens with zero attached hydrogens (tertiary/aromatic N) is 2. The van der Waals surface area contributed by atoms with Gasteiger partial charge in [0.15, 0.2) is 5.78 Å². The smallest absolute Gasteiger partial charge is 0.191 e. The van der Waals surface area contributed by atoms with Crippen LogP contribution in [-0.2, 0) is 0 Å². The van der Waals surface area contributed by atoms with Crippen LogP contribution in [0.4, 0.5) is 10.1 Å². The van der Waals surface area contributed by atoms with Gasteiger partial charge in [0.05, 0.1) is 36.3 Å². The number of aliphatic imine (C=N–C) groups is 1. The summed E-state index contributed by atoms with van der Waals surface area (Å²) in [5.41, 5.74) is 8.93. The van der Waals surface area contributed by atoms with E-state index >= 15 is 0 Å². The topological polar surface area (TPSA) is 67.9 Å². The van der Waals surface area contributed by atoms with E-state index in [9.17, 15) is 9.18 Å². The van der Waals surface area contributed by atoms with Gasteiger partial charge in [-0.2, -0.15) is 0 Å². The first-order valence-electron chi connectivity index (χ1n) is 9.55. The van der Waals surface area contributed by atoms with Crippen LogP contribution in [0.1, 0.15) is 20.8 Å². The maximum absolute atomic E-state index is 14.6. The molecule has 2 unspecified atom stereocenters. The number of anilines is 1. The van der Waals surface area contributed by atoms with Crippen LogP contribution in [0.15, 0.2) is 65.0 Å². The highest BCUT2D eigenvalue weighted by molar-refractivity contribution is 7.12. The SMILES string of the molecule is COc1ccc2c(c1)N(C)C(C(N)C(=O)c1cccs1)CN=C2c1ccccc1F. The number of hydrogen-bond acceptors (Lipinski definition) is 6. The zero-order chi connectivity index (χ0) is 21.3. The van der Waals surface area contributed by atoms with Crippen molar-refractivity contribution in [2.45, 2.75) is 12.1 Å². The van der Waals surface area contributed by atoms with Crippen molar-refractivity contribution in [1.82, 2.24) is 0 Å². The molecule has 5 nitrogen and oxygen atoms in total. The van der Waals surface area contributed by atoms with Gasteiger partial charge in [0.1, 0.15) is 11.6 Å². The Morgan fingerprint density at radius 2 is 2.03 bits per heavy atom.